The molecule has 1 aliphatic rings. The van der Waals surface area contributed by atoms with Gasteiger partial charge in [-0.2, -0.15) is 4.31 Å². The van der Waals surface area contributed by atoms with Gasteiger partial charge in [-0.15, -0.1) is 0 Å². The molecule has 1 atom stereocenters. The molecule has 28 heavy (non-hydrogen) atoms. The van der Waals surface area contributed by atoms with Gasteiger partial charge in [0, 0.05) is 38.3 Å². The van der Waals surface area contributed by atoms with Crippen LogP contribution in [0.25, 0.3) is 0 Å². The number of benzene rings is 1. The predicted molar refractivity (Wildman–Crippen MR) is 103 cm³/mol. The van der Waals surface area contributed by atoms with E-state index in [1.165, 1.54) is 0 Å². The van der Waals surface area contributed by atoms with Crippen LogP contribution in [0, 0.1) is 11.6 Å². The molecule has 2 rings (SSSR count). The molecule has 1 aliphatic heterocycles. The zero-order valence-corrected chi connectivity index (χ0v) is 17.8. The Kier molecular flexibility index (Phi) is 7.17. The summed E-state index contributed by atoms with van der Waals surface area (Å²) in [5.74, 6) is -1.78. The molecule has 1 saturated heterocycles. The fourth-order valence-electron chi connectivity index (χ4n) is 3.62. The fourth-order valence-corrected chi connectivity index (χ4v) is 5.12. The highest BCUT2D eigenvalue weighted by Gasteiger charge is 2.35. The van der Waals surface area contributed by atoms with E-state index in [0.29, 0.717) is 19.2 Å². The summed E-state index contributed by atoms with van der Waals surface area (Å²) in [6.45, 7) is 10.6. The molecule has 1 aromatic rings. The molecule has 0 bridgehead atoms. The maximum absolute atomic E-state index is 13.9. The van der Waals surface area contributed by atoms with Crippen molar-refractivity contribution in [2.24, 2.45) is 0 Å². The first-order valence-corrected chi connectivity index (χ1v) is 10.9. The van der Waals surface area contributed by atoms with Gasteiger partial charge in [0.2, 0.25) is 15.9 Å². The molecule has 1 fully saturated rings. The molecule has 158 valence electrons. The molecular formula is C19H29F2N3O3S. The Bertz CT molecular complexity index is 799. The molecule has 1 aromatic carbocycles. The van der Waals surface area contributed by atoms with Crippen molar-refractivity contribution in [2.45, 2.75) is 57.6 Å². The van der Waals surface area contributed by atoms with Crippen LogP contribution in [0.4, 0.5) is 8.78 Å². The number of nitrogens with zero attached hydrogens (tertiary/aromatic N) is 3. The molecule has 1 unspecified atom stereocenters. The number of rotatable bonds is 6. The Morgan fingerprint density at radius 3 is 2.04 bits per heavy atom. The molecule has 9 heteroatoms. The van der Waals surface area contributed by atoms with Crippen LogP contribution in [-0.4, -0.2) is 72.7 Å². The number of sulfonamides is 1. The zero-order chi connectivity index (χ0) is 21.2. The average molecular weight is 418 g/mol. The molecule has 0 spiro atoms. The summed E-state index contributed by atoms with van der Waals surface area (Å²) in [5.41, 5.74) is 0. The highest BCUT2D eigenvalue weighted by Crippen LogP contribution is 2.22. The molecule has 0 N–H and O–H groups in total. The second-order valence-electron chi connectivity index (χ2n) is 7.62. The van der Waals surface area contributed by atoms with Gasteiger partial charge in [-0.05, 0) is 52.8 Å². The summed E-state index contributed by atoms with van der Waals surface area (Å²) in [4.78, 5) is 16.0. The van der Waals surface area contributed by atoms with E-state index >= 15 is 0 Å². The first-order chi connectivity index (χ1) is 13.0. The van der Waals surface area contributed by atoms with Gasteiger partial charge >= 0.3 is 0 Å². The van der Waals surface area contributed by atoms with Crippen molar-refractivity contribution in [3.63, 3.8) is 0 Å². The Morgan fingerprint density at radius 2 is 1.54 bits per heavy atom. The van der Waals surface area contributed by atoms with Gasteiger partial charge in [0.1, 0.15) is 16.5 Å². The average Bonchev–Trinajstić information content (AvgIpc) is 2.62. The quantitative estimate of drug-likeness (QED) is 0.713. The number of hydrogen-bond donors (Lipinski definition) is 0. The predicted octanol–water partition coefficient (Wildman–Crippen LogP) is 2.30. The van der Waals surface area contributed by atoms with Crippen molar-refractivity contribution in [2.75, 3.05) is 26.2 Å². The Morgan fingerprint density at radius 1 is 1.00 bits per heavy atom. The minimum Gasteiger partial charge on any atom is -0.336 e. The summed E-state index contributed by atoms with van der Waals surface area (Å²) in [5, 5.41) is 0. The molecule has 0 radical (unpaired) electrons. The van der Waals surface area contributed by atoms with Crippen LogP contribution in [0.3, 0.4) is 0 Å². The number of amides is 1. The van der Waals surface area contributed by atoms with Gasteiger partial charge in [0.15, 0.2) is 0 Å². The number of carbonyl (C=O) groups excluding carboxylic acids is 1. The van der Waals surface area contributed by atoms with Gasteiger partial charge in [0.05, 0.1) is 6.04 Å². The minimum absolute atomic E-state index is 0.00233. The smallest absolute Gasteiger partial charge is 0.246 e. The van der Waals surface area contributed by atoms with E-state index in [0.717, 1.165) is 16.4 Å². The van der Waals surface area contributed by atoms with Crippen LogP contribution < -0.4 is 0 Å². The second-order valence-corrected chi connectivity index (χ2v) is 9.53. The molecule has 1 amide bonds. The van der Waals surface area contributed by atoms with E-state index in [1.54, 1.807) is 0 Å². The van der Waals surface area contributed by atoms with E-state index in [2.05, 4.69) is 0 Å². The molecular weight excluding hydrogens is 388 g/mol. The van der Waals surface area contributed by atoms with Gasteiger partial charge in [0.25, 0.3) is 0 Å². The van der Waals surface area contributed by atoms with Crippen LogP contribution in [0.15, 0.2) is 23.1 Å². The monoisotopic (exact) mass is 417 g/mol. The van der Waals surface area contributed by atoms with E-state index in [4.69, 9.17) is 0 Å². The molecule has 6 nitrogen and oxygen atoms in total. The Hall–Kier alpha value is -1.58. The highest BCUT2D eigenvalue weighted by atomic mass is 32.2. The summed E-state index contributed by atoms with van der Waals surface area (Å²) in [6.07, 6.45) is 0. The van der Waals surface area contributed by atoms with E-state index in [9.17, 15) is 22.0 Å². The van der Waals surface area contributed by atoms with Crippen LogP contribution in [0.2, 0.25) is 0 Å². The lowest BCUT2D eigenvalue weighted by Crippen LogP contribution is -2.57. The van der Waals surface area contributed by atoms with Crippen molar-refractivity contribution in [1.82, 2.24) is 14.1 Å². The third-order valence-corrected chi connectivity index (χ3v) is 6.97. The minimum atomic E-state index is -4.13. The topological polar surface area (TPSA) is 60.9 Å². The SMILES string of the molecule is CC(C(=O)N(C(C)C)C(C)C)N1CCN(S(=O)(=O)c2cc(F)ccc2F)CC1. The molecule has 1 heterocycles. The third kappa shape index (κ3) is 4.69. The van der Waals surface area contributed by atoms with Crippen molar-refractivity contribution in [1.29, 1.82) is 0 Å². The third-order valence-electron chi connectivity index (χ3n) is 5.06. The van der Waals surface area contributed by atoms with Crippen molar-refractivity contribution in [3.05, 3.63) is 29.8 Å². The van der Waals surface area contributed by atoms with E-state index in [1.807, 2.05) is 44.4 Å². The summed E-state index contributed by atoms with van der Waals surface area (Å²) in [7, 11) is -4.13. The maximum Gasteiger partial charge on any atom is 0.246 e. The van der Waals surface area contributed by atoms with Crippen LogP contribution in [0.1, 0.15) is 34.6 Å². The van der Waals surface area contributed by atoms with Crippen LogP contribution >= 0.6 is 0 Å². The van der Waals surface area contributed by atoms with Gasteiger partial charge in [-0.3, -0.25) is 9.69 Å². The number of piperazine rings is 1. The van der Waals surface area contributed by atoms with E-state index < -0.39 is 26.6 Å². The van der Waals surface area contributed by atoms with Gasteiger partial charge in [-0.25, -0.2) is 17.2 Å². The summed E-state index contributed by atoms with van der Waals surface area (Å²) < 4.78 is 53.9. The highest BCUT2D eigenvalue weighted by molar-refractivity contribution is 7.89. The van der Waals surface area contributed by atoms with Crippen LogP contribution in [0.5, 0.6) is 0 Å². The lowest BCUT2D eigenvalue weighted by atomic mass is 10.1. The largest absolute Gasteiger partial charge is 0.336 e. The molecule has 0 aliphatic carbocycles. The Balaban J connectivity index is 2.09. The maximum atomic E-state index is 13.9. The van der Waals surface area contributed by atoms with Crippen molar-refractivity contribution >= 4 is 15.9 Å². The van der Waals surface area contributed by atoms with Gasteiger partial charge < -0.3 is 4.90 Å². The lowest BCUT2D eigenvalue weighted by molar-refractivity contribution is -0.140. The number of carbonyl (C=O) groups is 1. The van der Waals surface area contributed by atoms with Crippen molar-refractivity contribution < 1.29 is 22.0 Å². The summed E-state index contributed by atoms with van der Waals surface area (Å²) >= 11 is 0. The standard InChI is InChI=1S/C19H29F2N3O3S/c1-13(2)24(14(3)4)19(25)15(5)22-8-10-23(11-9-22)28(26,27)18-12-16(20)6-7-17(18)21/h6-7,12-15H,8-11H2,1-5H3. The normalized spacial score (nSPS) is 17.9. The van der Waals surface area contributed by atoms with Crippen LogP contribution in [-0.2, 0) is 14.8 Å². The second kappa shape index (κ2) is 8.84. The fraction of sp³-hybridized carbons (Fsp3) is 0.632. The molecule has 0 aromatic heterocycles. The Labute approximate surface area is 166 Å². The summed E-state index contributed by atoms with van der Waals surface area (Å²) in [6, 6.07) is 2.13. The molecule has 0 saturated carbocycles. The first-order valence-electron chi connectivity index (χ1n) is 9.48. The first kappa shape index (κ1) is 22.7. The van der Waals surface area contributed by atoms with Crippen molar-refractivity contribution in [3.8, 4) is 0 Å². The zero-order valence-electron chi connectivity index (χ0n) is 17.0. The number of hydrogen-bond acceptors (Lipinski definition) is 4. The lowest BCUT2D eigenvalue weighted by Gasteiger charge is -2.40. The number of halogens is 2. The van der Waals surface area contributed by atoms with Gasteiger partial charge in [-0.1, -0.05) is 0 Å². The van der Waals surface area contributed by atoms with E-state index in [-0.39, 0.29) is 37.1 Å².